The third-order valence-electron chi connectivity index (χ3n) is 0. The number of rotatable bonds is 0. The molecule has 64 valence electrons. The molecule has 0 aliphatic heterocycles. The molecule has 0 radical (unpaired) electrons. The van der Waals surface area contributed by atoms with Crippen LogP contribution >= 0.6 is 21.4 Å². The van der Waals surface area contributed by atoms with E-state index < -0.39 is 8.26 Å². The smallest absolute Gasteiger partial charge is 0.317 e. The molecule has 0 unspecified atom stereocenters. The number of nitrogens with one attached hydrogen (secondary N) is 1. The molecule has 11 heteroatoms. The van der Waals surface area contributed by atoms with Gasteiger partial charge in [-0.15, -0.1) is 5.53 Å². The first-order chi connectivity index (χ1) is 4.83. The van der Waals surface area contributed by atoms with Gasteiger partial charge in [0.2, 0.25) is 0 Å². The van der Waals surface area contributed by atoms with Crippen LogP contribution in [0.5, 0.6) is 0 Å². The van der Waals surface area contributed by atoms with E-state index in [0.29, 0.717) is 0 Å². The van der Waals surface area contributed by atoms with Gasteiger partial charge < -0.3 is 11.1 Å². The molecule has 0 spiro atoms. The standard InChI is InChI=1S/Cl2O2S.HN3.N3/c1-5(2,3)4;2*1-3-2/h;1H;/q;;-1. The lowest BCUT2D eigenvalue weighted by Gasteiger charge is -1.61. The van der Waals surface area contributed by atoms with Gasteiger partial charge in [0.05, 0.1) is 0 Å². The fourth-order valence-electron chi connectivity index (χ4n) is 0. The summed E-state index contributed by atoms with van der Waals surface area (Å²) < 4.78 is 18.3. The van der Waals surface area contributed by atoms with Gasteiger partial charge in [0.1, 0.15) is 0 Å². The summed E-state index contributed by atoms with van der Waals surface area (Å²) in [5.41, 5.74) is 25.8. The lowest BCUT2D eigenvalue weighted by Crippen LogP contribution is -1.63. The Morgan fingerprint density at radius 2 is 1.18 bits per heavy atom. The normalized spacial score (nSPS) is 6.73. The molecule has 8 nitrogen and oxygen atoms in total. The lowest BCUT2D eigenvalue weighted by atomic mass is 13.0. The monoisotopic (exact) mass is 219 g/mol. The maximum Gasteiger partial charge on any atom is 0.317 e. The number of halogens is 2. The molecule has 11 heavy (non-hydrogen) atoms. The molecule has 0 atom stereocenters. The molecule has 0 saturated heterocycles. The van der Waals surface area contributed by atoms with E-state index >= 15 is 0 Å². The van der Waals surface area contributed by atoms with Gasteiger partial charge in [-0.25, -0.2) is 0 Å². The van der Waals surface area contributed by atoms with Gasteiger partial charge in [0.15, 0.2) is 0 Å². The van der Waals surface area contributed by atoms with Crippen LogP contribution in [0.15, 0.2) is 0 Å². The molecular formula is HCl2N6O2S-. The van der Waals surface area contributed by atoms with Gasteiger partial charge >= 0.3 is 8.26 Å². The third kappa shape index (κ3) is 647. The average Bonchev–Trinajstić information content (AvgIpc) is 1.62. The molecule has 0 rings (SSSR count). The molecule has 0 aliphatic rings. The molecule has 0 heterocycles. The van der Waals surface area contributed by atoms with E-state index in [1.165, 1.54) is 4.91 Å². The van der Waals surface area contributed by atoms with Crippen molar-refractivity contribution < 1.29 is 8.42 Å². The maximum atomic E-state index is 9.16. The van der Waals surface area contributed by atoms with Crippen LogP contribution in [0.2, 0.25) is 0 Å². The summed E-state index contributed by atoms with van der Waals surface area (Å²) >= 11 is 0. The Kier molecular flexibility index (Phi) is 18.0. The zero-order chi connectivity index (χ0) is 9.91. The molecule has 0 aromatic heterocycles. The Bertz CT molecular complexity index is 209. The summed E-state index contributed by atoms with van der Waals surface area (Å²) in [4.78, 5) is 3.25. The number of nitrogens with zero attached hydrogens (tertiary/aromatic N) is 5. The lowest BCUT2D eigenvalue weighted by molar-refractivity contribution is 0.621. The van der Waals surface area contributed by atoms with Crippen molar-refractivity contribution in [2.24, 2.45) is 0 Å². The summed E-state index contributed by atoms with van der Waals surface area (Å²) in [5, 5.41) is 0. The van der Waals surface area contributed by atoms with Crippen LogP contribution in [-0.2, 0) is 8.26 Å². The van der Waals surface area contributed by atoms with E-state index in [1.54, 1.807) is 4.91 Å². The van der Waals surface area contributed by atoms with Crippen molar-refractivity contribution in [1.82, 2.24) is 0 Å². The molecule has 0 saturated carbocycles. The van der Waals surface area contributed by atoms with Crippen LogP contribution in [-0.4, -0.2) is 8.42 Å². The van der Waals surface area contributed by atoms with Crippen LogP contribution in [0, 0.1) is 5.53 Å². The Labute approximate surface area is 70.5 Å². The van der Waals surface area contributed by atoms with Crippen LogP contribution in [0.1, 0.15) is 0 Å². The molecule has 0 fully saturated rings. The Morgan fingerprint density at radius 1 is 1.18 bits per heavy atom. The minimum atomic E-state index is -3.72. The molecule has 0 aromatic carbocycles. The van der Waals surface area contributed by atoms with Crippen molar-refractivity contribution >= 4 is 29.6 Å². The highest BCUT2D eigenvalue weighted by Crippen LogP contribution is 1.98. The fraction of sp³-hybridized carbons (Fsp3) is 0. The minimum Gasteiger partial charge on any atom is -0.373 e. The summed E-state index contributed by atoms with van der Waals surface area (Å²) in [7, 11) is 4.81. The molecule has 0 bridgehead atoms. The van der Waals surface area contributed by atoms with Crippen molar-refractivity contribution in [3.05, 3.63) is 26.4 Å². The van der Waals surface area contributed by atoms with Crippen molar-refractivity contribution in [1.29, 1.82) is 5.53 Å². The average molecular weight is 220 g/mol. The molecule has 0 aromatic rings. The highest BCUT2D eigenvalue weighted by atomic mass is 36.0. The van der Waals surface area contributed by atoms with Gasteiger partial charge in [-0.3, -0.25) is 4.91 Å². The number of hydrogen-bond donors (Lipinski definition) is 1. The Balaban J connectivity index is -0.0000000933. The summed E-state index contributed by atoms with van der Waals surface area (Å²) in [6.45, 7) is 0. The topological polar surface area (TPSA) is 153 Å². The SMILES string of the molecule is O=S(=O)(Cl)Cl.[N-]=[N+]=N.[N-]=[N+]=[N-]. The maximum absolute atomic E-state index is 9.16. The van der Waals surface area contributed by atoms with E-state index in [1.807, 2.05) is 0 Å². The Morgan fingerprint density at radius 3 is 1.18 bits per heavy atom. The Hall–Kier alpha value is -0.850. The van der Waals surface area contributed by atoms with Crippen molar-refractivity contribution in [2.45, 2.75) is 0 Å². The van der Waals surface area contributed by atoms with Crippen LogP contribution in [0.4, 0.5) is 0 Å². The van der Waals surface area contributed by atoms with E-state index in [4.69, 9.17) is 30.5 Å². The quantitative estimate of drug-likeness (QED) is 0.288. The summed E-state index contributed by atoms with van der Waals surface area (Å²) in [6, 6.07) is 0. The van der Waals surface area contributed by atoms with E-state index in [2.05, 4.69) is 21.4 Å². The second kappa shape index (κ2) is 11.9. The second-order valence-corrected chi connectivity index (χ2v) is 4.24. The van der Waals surface area contributed by atoms with Crippen LogP contribution in [0.25, 0.3) is 26.4 Å². The zero-order valence-corrected chi connectivity index (χ0v) is 7.05. The van der Waals surface area contributed by atoms with Crippen molar-refractivity contribution in [2.75, 3.05) is 0 Å². The fourth-order valence-corrected chi connectivity index (χ4v) is 0. The highest BCUT2D eigenvalue weighted by Gasteiger charge is 1.88. The first-order valence-electron chi connectivity index (χ1n) is 1.47. The second-order valence-electron chi connectivity index (χ2n) is 0.568. The van der Waals surface area contributed by atoms with Gasteiger partial charge in [0, 0.05) is 21.4 Å². The minimum absolute atomic E-state index is 1.50. The van der Waals surface area contributed by atoms with Gasteiger partial charge in [-0.05, 0) is 10.4 Å². The first kappa shape index (κ1) is 16.6. The zero-order valence-electron chi connectivity index (χ0n) is 4.72. The van der Waals surface area contributed by atoms with E-state index in [-0.39, 0.29) is 0 Å². The molecule has 0 aliphatic carbocycles. The predicted molar refractivity (Wildman–Crippen MR) is 40.1 cm³/mol. The molecule has 0 amide bonds. The van der Waals surface area contributed by atoms with E-state index in [0.717, 1.165) is 0 Å². The van der Waals surface area contributed by atoms with Gasteiger partial charge in [-0.2, -0.15) is 8.42 Å². The molecular weight excluding hydrogens is 219 g/mol. The van der Waals surface area contributed by atoms with Crippen molar-refractivity contribution in [3.8, 4) is 0 Å². The predicted octanol–water partition coefficient (Wildman–Crippen LogP) is 2.45. The van der Waals surface area contributed by atoms with Crippen LogP contribution < -0.4 is 0 Å². The highest BCUT2D eigenvalue weighted by molar-refractivity contribution is 8.31. The van der Waals surface area contributed by atoms with E-state index in [9.17, 15) is 0 Å². The third-order valence-corrected chi connectivity index (χ3v) is 0. The first-order valence-corrected chi connectivity index (χ1v) is 4.60. The summed E-state index contributed by atoms with van der Waals surface area (Å²) in [5.74, 6) is 0. The molecule has 1 N–H and O–H groups in total. The largest absolute Gasteiger partial charge is 0.373 e. The van der Waals surface area contributed by atoms with Gasteiger partial charge in [-0.1, -0.05) is 0 Å². The van der Waals surface area contributed by atoms with Crippen molar-refractivity contribution in [3.63, 3.8) is 0 Å². The van der Waals surface area contributed by atoms with Crippen LogP contribution in [0.3, 0.4) is 0 Å². The number of hydrogen-bond acceptors (Lipinski definition) is 3. The van der Waals surface area contributed by atoms with Gasteiger partial charge in [0.25, 0.3) is 0 Å². The summed E-state index contributed by atoms with van der Waals surface area (Å²) in [6.07, 6.45) is 0.